The van der Waals surface area contributed by atoms with E-state index in [4.69, 9.17) is 10.5 Å². The zero-order valence-electron chi connectivity index (χ0n) is 9.80. The van der Waals surface area contributed by atoms with Gasteiger partial charge in [-0.3, -0.25) is 9.89 Å². The molecule has 0 radical (unpaired) electrons. The average Bonchev–Trinajstić information content (AvgIpc) is 2.88. The minimum atomic E-state index is -0.253. The summed E-state index contributed by atoms with van der Waals surface area (Å²) in [6, 6.07) is 4.84. The van der Waals surface area contributed by atoms with E-state index in [0.29, 0.717) is 22.8 Å². The van der Waals surface area contributed by atoms with Crippen LogP contribution >= 0.6 is 0 Å². The number of carbonyl (C=O) groups excluding carboxylic acids is 1. The van der Waals surface area contributed by atoms with E-state index in [1.54, 1.807) is 18.2 Å². The fraction of sp³-hybridized carbons (Fsp3) is 0.182. The molecule has 1 aromatic carbocycles. The molecule has 7 nitrogen and oxygen atoms in total. The van der Waals surface area contributed by atoms with Crippen LogP contribution in [0.2, 0.25) is 0 Å². The van der Waals surface area contributed by atoms with E-state index in [1.807, 2.05) is 0 Å². The summed E-state index contributed by atoms with van der Waals surface area (Å²) in [5.41, 5.74) is 6.58. The number of nitrogens with two attached hydrogens (primary N) is 1. The van der Waals surface area contributed by atoms with Gasteiger partial charge in [0.2, 0.25) is 0 Å². The highest BCUT2D eigenvalue weighted by atomic mass is 16.5. The van der Waals surface area contributed by atoms with E-state index in [1.165, 1.54) is 13.4 Å². The molecule has 0 aliphatic heterocycles. The number of aromatic amines is 1. The third-order valence-electron chi connectivity index (χ3n) is 2.31. The highest BCUT2D eigenvalue weighted by Crippen LogP contribution is 2.18. The highest BCUT2D eigenvalue weighted by molar-refractivity contribution is 5.95. The molecule has 1 amide bonds. The first-order valence-electron chi connectivity index (χ1n) is 5.26. The van der Waals surface area contributed by atoms with Crippen molar-refractivity contribution in [3.8, 4) is 5.75 Å². The van der Waals surface area contributed by atoms with E-state index in [0.717, 1.165) is 0 Å². The lowest BCUT2D eigenvalue weighted by atomic mass is 10.1. The predicted octanol–water partition coefficient (Wildman–Crippen LogP) is 0.325. The number of H-pyrrole nitrogens is 1. The first-order valence-corrected chi connectivity index (χ1v) is 5.26. The molecule has 0 unspecified atom stereocenters. The quantitative estimate of drug-likeness (QED) is 0.675. The van der Waals surface area contributed by atoms with Gasteiger partial charge in [-0.05, 0) is 12.1 Å². The number of benzene rings is 1. The summed E-state index contributed by atoms with van der Waals surface area (Å²) < 4.78 is 5.05. The summed E-state index contributed by atoms with van der Waals surface area (Å²) in [7, 11) is 1.52. The van der Waals surface area contributed by atoms with Crippen molar-refractivity contribution >= 4 is 11.6 Å². The van der Waals surface area contributed by atoms with Crippen LogP contribution in [0, 0.1) is 0 Å². The number of aromatic nitrogens is 3. The summed E-state index contributed by atoms with van der Waals surface area (Å²) in [4.78, 5) is 15.8. The van der Waals surface area contributed by atoms with Gasteiger partial charge in [0, 0.05) is 17.3 Å². The molecule has 0 saturated heterocycles. The molecule has 18 heavy (non-hydrogen) atoms. The maximum absolute atomic E-state index is 11.9. The van der Waals surface area contributed by atoms with E-state index in [9.17, 15) is 4.79 Å². The minimum Gasteiger partial charge on any atom is -0.497 e. The largest absolute Gasteiger partial charge is 0.497 e. The highest BCUT2D eigenvalue weighted by Gasteiger charge is 2.08. The van der Waals surface area contributed by atoms with Crippen LogP contribution < -0.4 is 15.8 Å². The lowest BCUT2D eigenvalue weighted by Gasteiger charge is -2.07. The summed E-state index contributed by atoms with van der Waals surface area (Å²) in [5.74, 6) is 0.871. The van der Waals surface area contributed by atoms with E-state index in [-0.39, 0.29) is 12.5 Å². The number of amides is 1. The van der Waals surface area contributed by atoms with E-state index >= 15 is 0 Å². The molecule has 0 aliphatic rings. The van der Waals surface area contributed by atoms with Gasteiger partial charge in [-0.2, -0.15) is 5.10 Å². The van der Waals surface area contributed by atoms with Gasteiger partial charge in [-0.25, -0.2) is 4.98 Å². The number of carbonyl (C=O) groups is 1. The van der Waals surface area contributed by atoms with Gasteiger partial charge in [-0.15, -0.1) is 0 Å². The lowest BCUT2D eigenvalue weighted by Crippen LogP contribution is -2.23. The van der Waals surface area contributed by atoms with Gasteiger partial charge in [0.1, 0.15) is 17.9 Å². The third-order valence-corrected chi connectivity index (χ3v) is 2.31. The Morgan fingerprint density at radius 2 is 2.33 bits per heavy atom. The number of anilines is 1. The molecule has 1 aromatic heterocycles. The Hall–Kier alpha value is -2.57. The second-order valence-corrected chi connectivity index (χ2v) is 3.61. The molecule has 0 aliphatic carbocycles. The molecule has 94 valence electrons. The number of hydrogen-bond acceptors (Lipinski definition) is 5. The van der Waals surface area contributed by atoms with E-state index < -0.39 is 0 Å². The summed E-state index contributed by atoms with van der Waals surface area (Å²) in [6.45, 7) is 0.274. The molecule has 0 saturated carbocycles. The molecular formula is C11H13N5O2. The second kappa shape index (κ2) is 5.17. The molecule has 1 heterocycles. The van der Waals surface area contributed by atoms with Gasteiger partial charge in [0.05, 0.1) is 13.7 Å². The van der Waals surface area contributed by atoms with Crippen molar-refractivity contribution in [3.05, 3.63) is 35.9 Å². The maximum atomic E-state index is 11.9. The van der Waals surface area contributed by atoms with Crippen LogP contribution in [0.5, 0.6) is 5.75 Å². The zero-order valence-corrected chi connectivity index (χ0v) is 9.80. The van der Waals surface area contributed by atoms with Crippen molar-refractivity contribution in [2.75, 3.05) is 12.8 Å². The smallest absolute Gasteiger partial charge is 0.251 e. The van der Waals surface area contributed by atoms with Crippen LogP contribution in [0.3, 0.4) is 0 Å². The fourth-order valence-corrected chi connectivity index (χ4v) is 1.45. The van der Waals surface area contributed by atoms with Crippen LogP contribution in [-0.2, 0) is 6.54 Å². The molecular weight excluding hydrogens is 234 g/mol. The standard InChI is InChI=1S/C11H13N5O2/c1-18-9-3-7(2-8(12)4-9)11(17)13-5-10-14-6-15-16-10/h2-4,6H,5,12H2,1H3,(H,13,17)(H,14,15,16). The first-order chi connectivity index (χ1) is 8.69. The van der Waals surface area contributed by atoms with Crippen LogP contribution in [0.1, 0.15) is 16.2 Å². The molecule has 4 N–H and O–H groups in total. The predicted molar refractivity (Wildman–Crippen MR) is 65.0 cm³/mol. The molecule has 0 bridgehead atoms. The number of ether oxygens (including phenoxy) is 1. The Bertz CT molecular complexity index is 538. The van der Waals surface area contributed by atoms with Crippen molar-refractivity contribution in [2.45, 2.75) is 6.54 Å². The second-order valence-electron chi connectivity index (χ2n) is 3.61. The number of hydrogen-bond donors (Lipinski definition) is 3. The fourth-order valence-electron chi connectivity index (χ4n) is 1.45. The van der Waals surface area contributed by atoms with Crippen molar-refractivity contribution in [2.24, 2.45) is 0 Å². The SMILES string of the molecule is COc1cc(N)cc(C(=O)NCc2ncn[nH]2)c1. The van der Waals surface area contributed by atoms with Gasteiger partial charge in [-0.1, -0.05) is 0 Å². The number of nitrogen functional groups attached to an aromatic ring is 1. The number of nitrogens with one attached hydrogen (secondary N) is 2. The van der Waals surface area contributed by atoms with Crippen molar-refractivity contribution in [1.82, 2.24) is 20.5 Å². The van der Waals surface area contributed by atoms with Gasteiger partial charge >= 0.3 is 0 Å². The van der Waals surface area contributed by atoms with Crippen LogP contribution in [-0.4, -0.2) is 28.2 Å². The Labute approximate surface area is 103 Å². The normalized spacial score (nSPS) is 10.1. The molecule has 2 rings (SSSR count). The van der Waals surface area contributed by atoms with Crippen molar-refractivity contribution in [3.63, 3.8) is 0 Å². The minimum absolute atomic E-state index is 0.253. The Morgan fingerprint density at radius 1 is 1.50 bits per heavy atom. The Morgan fingerprint density at radius 3 is 3.00 bits per heavy atom. The number of nitrogens with zero attached hydrogens (tertiary/aromatic N) is 2. The monoisotopic (exact) mass is 247 g/mol. The zero-order chi connectivity index (χ0) is 13.0. The van der Waals surface area contributed by atoms with Gasteiger partial charge in [0.15, 0.2) is 0 Å². The summed E-state index contributed by atoms with van der Waals surface area (Å²) in [6.07, 6.45) is 1.38. The van der Waals surface area contributed by atoms with Gasteiger partial charge in [0.25, 0.3) is 5.91 Å². The molecule has 0 spiro atoms. The van der Waals surface area contributed by atoms with Crippen LogP contribution in [0.25, 0.3) is 0 Å². The Kier molecular flexibility index (Phi) is 3.42. The lowest BCUT2D eigenvalue weighted by molar-refractivity contribution is 0.0949. The van der Waals surface area contributed by atoms with E-state index in [2.05, 4.69) is 20.5 Å². The van der Waals surface area contributed by atoms with Crippen molar-refractivity contribution in [1.29, 1.82) is 0 Å². The first kappa shape index (κ1) is 11.9. The van der Waals surface area contributed by atoms with Crippen LogP contribution in [0.15, 0.2) is 24.5 Å². The Balaban J connectivity index is 2.06. The van der Waals surface area contributed by atoms with Crippen LogP contribution in [0.4, 0.5) is 5.69 Å². The molecule has 7 heteroatoms. The number of rotatable bonds is 4. The average molecular weight is 247 g/mol. The summed E-state index contributed by atoms with van der Waals surface area (Å²) in [5, 5.41) is 9.04. The van der Waals surface area contributed by atoms with Gasteiger partial charge < -0.3 is 15.8 Å². The molecule has 0 fully saturated rings. The number of methoxy groups -OCH3 is 1. The summed E-state index contributed by atoms with van der Waals surface area (Å²) >= 11 is 0. The van der Waals surface area contributed by atoms with Crippen molar-refractivity contribution < 1.29 is 9.53 Å². The molecule has 0 atom stereocenters. The third kappa shape index (κ3) is 2.76. The molecule has 2 aromatic rings. The topological polar surface area (TPSA) is 106 Å². The maximum Gasteiger partial charge on any atom is 0.251 e.